The summed E-state index contributed by atoms with van der Waals surface area (Å²) in [6.07, 6.45) is -33.0. The van der Waals surface area contributed by atoms with Crippen LogP contribution in [0.1, 0.15) is 44.2 Å². The van der Waals surface area contributed by atoms with E-state index in [-0.39, 0.29) is 36.2 Å². The van der Waals surface area contributed by atoms with Crippen LogP contribution in [0.25, 0.3) is 0 Å². The predicted octanol–water partition coefficient (Wildman–Crippen LogP) is -12.1. The quantitative estimate of drug-likeness (QED) is 0.0581. The molecule has 0 unspecified atom stereocenters. The molecule has 24 N–H and O–H groups in total. The number of ether oxygens (including phenoxy) is 6. The summed E-state index contributed by atoms with van der Waals surface area (Å²) in [5, 5.41) is 159. The number of aliphatic imine (C=N–C) groups is 2. The van der Waals surface area contributed by atoms with E-state index < -0.39 is 239 Å². The number of nitrogens with zero attached hydrogens (tertiary/aromatic N) is 3. The molecule has 0 aliphatic carbocycles. The minimum absolute atomic E-state index is 0.0606. The summed E-state index contributed by atoms with van der Waals surface area (Å²) in [7, 11) is 0. The molecular formula is C58H84N12O26. The van der Waals surface area contributed by atoms with E-state index in [4.69, 9.17) is 39.9 Å². The molecule has 0 radical (unpaired) electrons. The molecule has 96 heavy (non-hydrogen) atoms. The summed E-state index contributed by atoms with van der Waals surface area (Å²) >= 11 is 0. The van der Waals surface area contributed by atoms with Gasteiger partial charge in [-0.1, -0.05) is 63.2 Å². The normalized spacial score (nSPS) is 36.2. The molecule has 4 fully saturated rings. The minimum atomic E-state index is -2.37. The van der Waals surface area contributed by atoms with Crippen molar-refractivity contribution in [3.05, 3.63) is 65.7 Å². The summed E-state index contributed by atoms with van der Waals surface area (Å²) < 4.78 is 33.8. The van der Waals surface area contributed by atoms with Crippen LogP contribution < -0.4 is 53.4 Å². The Morgan fingerprint density at radius 3 is 1.84 bits per heavy atom. The van der Waals surface area contributed by atoms with Gasteiger partial charge >= 0.3 is 5.97 Å². The highest BCUT2D eigenvalue weighted by molar-refractivity contribution is 5.98. The molecule has 38 heteroatoms. The fraction of sp³-hybridized carbons (Fsp3) is 0.638. The molecule has 6 aliphatic heterocycles. The van der Waals surface area contributed by atoms with Crippen molar-refractivity contribution >= 4 is 53.3 Å². The molecule has 6 aliphatic rings. The zero-order valence-electron chi connectivity index (χ0n) is 52.0. The summed E-state index contributed by atoms with van der Waals surface area (Å²) in [6.45, 7) is 0.315. The first-order valence-corrected chi connectivity index (χ1v) is 30.7. The molecule has 25 atom stereocenters. The molecule has 2 aromatic carbocycles. The molecule has 0 aromatic heterocycles. The maximum atomic E-state index is 15.1. The molecule has 6 heterocycles. The van der Waals surface area contributed by atoms with Gasteiger partial charge in [-0.25, -0.2) is 0 Å². The van der Waals surface area contributed by atoms with Crippen LogP contribution in [0.15, 0.2) is 64.6 Å². The Morgan fingerprint density at radius 2 is 1.21 bits per heavy atom. The number of carbonyl (C=O) groups is 7. The highest BCUT2D eigenvalue weighted by atomic mass is 16.7. The lowest BCUT2D eigenvalue weighted by Gasteiger charge is -2.46. The van der Waals surface area contributed by atoms with Crippen LogP contribution in [-0.2, 0) is 63.7 Å². The van der Waals surface area contributed by atoms with E-state index in [1.54, 1.807) is 51.1 Å². The van der Waals surface area contributed by atoms with Crippen LogP contribution in [0.2, 0.25) is 0 Å². The van der Waals surface area contributed by atoms with Crippen molar-refractivity contribution in [2.45, 2.75) is 186 Å². The van der Waals surface area contributed by atoms with Gasteiger partial charge in [-0.15, -0.1) is 0 Å². The van der Waals surface area contributed by atoms with Crippen LogP contribution in [-0.4, -0.2) is 311 Å². The summed E-state index contributed by atoms with van der Waals surface area (Å²) in [6, 6.07) is 0.661. The van der Waals surface area contributed by atoms with Crippen molar-refractivity contribution in [2.75, 3.05) is 39.5 Å². The third-order valence-electron chi connectivity index (χ3n) is 17.0. The van der Waals surface area contributed by atoms with Gasteiger partial charge in [0.15, 0.2) is 36.8 Å². The van der Waals surface area contributed by atoms with Crippen molar-refractivity contribution < 1.29 is 128 Å². The number of esters is 1. The molecule has 38 nitrogen and oxygen atoms in total. The predicted molar refractivity (Wildman–Crippen MR) is 322 cm³/mol. The smallest absolute Gasteiger partial charge is 0.306 e. The zero-order chi connectivity index (χ0) is 70.1. The molecular weight excluding hydrogens is 1280 g/mol. The van der Waals surface area contributed by atoms with Gasteiger partial charge in [-0.05, 0) is 29.2 Å². The van der Waals surface area contributed by atoms with E-state index in [1.165, 1.54) is 24.3 Å². The Hall–Kier alpha value is -7.61. The zero-order valence-corrected chi connectivity index (χ0v) is 52.0. The molecule has 0 spiro atoms. The average molecular weight is 1370 g/mol. The number of hydrogen-bond acceptors (Lipinski definition) is 32. The monoisotopic (exact) mass is 1360 g/mol. The second-order valence-electron chi connectivity index (χ2n) is 24.3. The fourth-order valence-corrected chi connectivity index (χ4v) is 11.6. The first kappa shape index (κ1) is 74.2. The average Bonchev–Trinajstić information content (AvgIpc) is 1.48. The number of benzene rings is 2. The van der Waals surface area contributed by atoms with E-state index in [1.807, 2.05) is 0 Å². The van der Waals surface area contributed by atoms with Gasteiger partial charge in [0.05, 0.1) is 51.5 Å². The number of aliphatic hydroxyl groups is 13. The molecule has 0 saturated carbocycles. The Bertz CT molecular complexity index is 3090. The van der Waals surface area contributed by atoms with Gasteiger partial charge in [0.2, 0.25) is 41.7 Å². The molecule has 4 saturated heterocycles. The van der Waals surface area contributed by atoms with Crippen LogP contribution >= 0.6 is 0 Å². The van der Waals surface area contributed by atoms with Crippen LogP contribution in [0.3, 0.4) is 0 Å². The number of nitrogens with one attached hydrogen (secondary N) is 7. The number of nitrogens with two attached hydrogens (primary N) is 2. The van der Waals surface area contributed by atoms with Crippen LogP contribution in [0.5, 0.6) is 5.75 Å². The highest BCUT2D eigenvalue weighted by Crippen LogP contribution is 2.33. The Kier molecular flexibility index (Phi) is 25.2. The largest absolute Gasteiger partial charge is 0.462 e. The molecule has 532 valence electrons. The van der Waals surface area contributed by atoms with Crippen LogP contribution in [0.4, 0.5) is 0 Å². The molecule has 2 aromatic rings. The fourth-order valence-electron chi connectivity index (χ4n) is 11.6. The van der Waals surface area contributed by atoms with Gasteiger partial charge in [-0.3, -0.25) is 43.5 Å². The Balaban J connectivity index is 1.08. The van der Waals surface area contributed by atoms with Gasteiger partial charge in [-0.2, -0.15) is 0 Å². The lowest BCUT2D eigenvalue weighted by Crippen LogP contribution is -2.70. The number of guanidine groups is 2. The number of carbonyl (C=O) groups excluding carboxylic acids is 7. The third-order valence-corrected chi connectivity index (χ3v) is 17.0. The summed E-state index contributed by atoms with van der Waals surface area (Å²) in [5.74, 6) is -10.0. The third kappa shape index (κ3) is 17.2. The van der Waals surface area contributed by atoms with Gasteiger partial charge in [0.25, 0.3) is 0 Å². The molecule has 6 amide bonds. The van der Waals surface area contributed by atoms with Crippen LogP contribution in [0, 0.1) is 5.92 Å². The number of hydrogen-bond donors (Lipinski definition) is 22. The van der Waals surface area contributed by atoms with E-state index in [0.717, 1.165) is 4.90 Å². The maximum absolute atomic E-state index is 15.1. The Labute approximate surface area is 546 Å². The maximum Gasteiger partial charge on any atom is 0.306 e. The lowest BCUT2D eigenvalue weighted by molar-refractivity contribution is -0.353. The topological polar surface area (TPSA) is 602 Å². The number of aliphatic hydroxyl groups excluding tert-OH is 13. The number of amides is 6. The Morgan fingerprint density at radius 1 is 0.615 bits per heavy atom. The standard InChI is InChI=1S/C58H84N12O26/c1-21(2)13-33(75)94-46-30(19-72)93-56(45(84)40(46)79)95-47-31(20-73)92-55(44(83)41(47)80)91-25-11-9-23(10-12-25)14-26-49(86)68-35(37(76)27-15-62-57(59)66-27)52(89)69-36(38(77)29-16-63-58(60)70(29)53-42(81)39(78)43(82)54(90)96-53)51(88)65-28(18-71)48(85)61-17-32(74)67-34(50(87)64-26)22(3)24-7-5-4-6-8-24/h4-12,21-22,26-31,34-47,53-56,71-73,76-84,90H,13-20H2,1-3H3,(H2,60,63)(H,61,85)(H,64,87)(H,65,88)(H,67,74)(H,68,86)(H,69,89)(H3,59,62,66)/t22-,26+,27-,28-,29-,30+,31+,34-,35-,36+,37-,38-,39+,40+,41+,42-,43-,44-,45-,46+,47+,53-,54-,55-,56+/m0/s1. The second kappa shape index (κ2) is 32.6. The van der Waals surface area contributed by atoms with E-state index in [0.29, 0.717) is 5.56 Å². The first-order valence-electron chi connectivity index (χ1n) is 30.7. The first-order chi connectivity index (χ1) is 45.5. The van der Waals surface area contributed by atoms with Crippen molar-refractivity contribution in [1.29, 1.82) is 0 Å². The van der Waals surface area contributed by atoms with E-state index >= 15 is 9.59 Å². The molecule has 8 rings (SSSR count). The highest BCUT2D eigenvalue weighted by Gasteiger charge is 2.55. The van der Waals surface area contributed by atoms with E-state index in [2.05, 4.69) is 47.2 Å². The van der Waals surface area contributed by atoms with Crippen molar-refractivity contribution in [3.63, 3.8) is 0 Å². The summed E-state index contributed by atoms with van der Waals surface area (Å²) in [4.78, 5) is 108. The van der Waals surface area contributed by atoms with Gasteiger partial charge < -0.3 is 148 Å². The van der Waals surface area contributed by atoms with Crippen molar-refractivity contribution in [1.82, 2.24) is 42.1 Å². The number of rotatable bonds is 19. The summed E-state index contributed by atoms with van der Waals surface area (Å²) in [5.41, 5.74) is 12.8. The van der Waals surface area contributed by atoms with Gasteiger partial charge in [0, 0.05) is 18.8 Å². The van der Waals surface area contributed by atoms with E-state index in [9.17, 15) is 90.4 Å². The SMILES string of the molecule is CC(C)CC(=O)O[C@H]1[C@H](O)[C@H](O)[C@@H](O[C@H]2[C@H](O)[C@H](O)[C@@H](Oc3ccc(C[C@H]4NC(=O)[C@H]([C@@H](C)c5ccccc5)NC(=O)CNC(=O)[C@H](CO)NC(=O)[C@@H]([C@@H](O)[C@@H]5CN=C(N)N5[C@H]5O[C@H](O)[C@@H](O)[C@H](O)[C@@H]5O)NC(=O)[C@H]([C@@H](O)[C@@H]5CN=C(N)N5)NC4=O)cc3)O[C@@H]2CO)O[C@@H]1CO. The van der Waals surface area contributed by atoms with Gasteiger partial charge in [0.1, 0.15) is 109 Å². The minimum Gasteiger partial charge on any atom is -0.462 e. The second-order valence-corrected chi connectivity index (χ2v) is 24.3. The molecule has 0 bridgehead atoms. The lowest BCUT2D eigenvalue weighted by atomic mass is 9.92. The van der Waals surface area contributed by atoms with Crippen molar-refractivity contribution in [2.24, 2.45) is 27.4 Å². The van der Waals surface area contributed by atoms with Crippen molar-refractivity contribution in [3.8, 4) is 5.75 Å².